The van der Waals surface area contributed by atoms with Gasteiger partial charge in [-0.05, 0) is 23.8 Å². The average Bonchev–Trinajstić information content (AvgIpc) is 2.35. The Labute approximate surface area is 108 Å². The Balaban J connectivity index is 2.06. The quantitative estimate of drug-likeness (QED) is 0.831. The molecule has 1 aromatic rings. The van der Waals surface area contributed by atoms with E-state index < -0.39 is 0 Å². The summed E-state index contributed by atoms with van der Waals surface area (Å²) in [5.74, 6) is -0.394. The Kier molecular flexibility index (Phi) is 3.50. The Morgan fingerprint density at radius 3 is 2.61 bits per heavy atom. The highest BCUT2D eigenvalue weighted by molar-refractivity contribution is 5.99. The average molecular weight is 245 g/mol. The summed E-state index contributed by atoms with van der Waals surface area (Å²) < 4.78 is 0. The number of rotatable bonds is 3. The zero-order chi connectivity index (χ0) is 13.2. The standard InChI is InChI=1S/C15H19NO2/c1-11-14(18)16-13(17)10-15(11,2)9-8-12-6-4-3-5-7-12/h3-7,11H,8-10H2,1-2H3,(H,16,17,18). The van der Waals surface area contributed by atoms with Crippen molar-refractivity contribution in [2.24, 2.45) is 11.3 Å². The Hall–Kier alpha value is -1.64. The molecule has 0 bridgehead atoms. The fourth-order valence-electron chi connectivity index (χ4n) is 2.51. The van der Waals surface area contributed by atoms with Crippen molar-refractivity contribution < 1.29 is 9.59 Å². The number of hydrogen-bond donors (Lipinski definition) is 1. The number of carbonyl (C=O) groups excluding carboxylic acids is 2. The fraction of sp³-hybridized carbons (Fsp3) is 0.467. The van der Waals surface area contributed by atoms with Crippen molar-refractivity contribution in [2.45, 2.75) is 33.1 Å². The van der Waals surface area contributed by atoms with Crippen LogP contribution in [0.3, 0.4) is 0 Å². The van der Waals surface area contributed by atoms with E-state index in [0.29, 0.717) is 6.42 Å². The molecule has 1 fully saturated rings. The molecule has 2 amide bonds. The first-order valence-electron chi connectivity index (χ1n) is 6.39. The molecule has 0 aliphatic carbocycles. The molecule has 2 atom stereocenters. The van der Waals surface area contributed by atoms with Gasteiger partial charge in [0.2, 0.25) is 11.8 Å². The van der Waals surface area contributed by atoms with Gasteiger partial charge in [-0.25, -0.2) is 0 Å². The van der Waals surface area contributed by atoms with Crippen LogP contribution in [0.5, 0.6) is 0 Å². The molecule has 3 heteroatoms. The van der Waals surface area contributed by atoms with Crippen LogP contribution >= 0.6 is 0 Å². The second-order valence-electron chi connectivity index (χ2n) is 5.45. The summed E-state index contributed by atoms with van der Waals surface area (Å²) in [5, 5.41) is 2.40. The van der Waals surface area contributed by atoms with E-state index in [9.17, 15) is 9.59 Å². The maximum Gasteiger partial charge on any atom is 0.229 e. The molecule has 2 rings (SSSR count). The maximum atomic E-state index is 11.7. The molecule has 0 radical (unpaired) electrons. The first-order valence-corrected chi connectivity index (χ1v) is 6.39. The molecule has 1 N–H and O–H groups in total. The van der Waals surface area contributed by atoms with Crippen molar-refractivity contribution in [3.05, 3.63) is 35.9 Å². The van der Waals surface area contributed by atoms with Gasteiger partial charge < -0.3 is 0 Å². The van der Waals surface area contributed by atoms with Gasteiger partial charge >= 0.3 is 0 Å². The van der Waals surface area contributed by atoms with Crippen LogP contribution in [0.1, 0.15) is 32.3 Å². The van der Waals surface area contributed by atoms with E-state index in [1.165, 1.54) is 5.56 Å². The molecule has 1 heterocycles. The van der Waals surface area contributed by atoms with Gasteiger partial charge in [0, 0.05) is 12.3 Å². The molecule has 3 nitrogen and oxygen atoms in total. The number of aryl methyl sites for hydroxylation is 1. The van der Waals surface area contributed by atoms with Crippen molar-refractivity contribution in [3.8, 4) is 0 Å². The van der Waals surface area contributed by atoms with Gasteiger partial charge in [0.25, 0.3) is 0 Å². The molecule has 1 aromatic carbocycles. The molecule has 0 aromatic heterocycles. The van der Waals surface area contributed by atoms with Gasteiger partial charge in [-0.1, -0.05) is 44.2 Å². The summed E-state index contributed by atoms with van der Waals surface area (Å²) in [6, 6.07) is 10.2. The van der Waals surface area contributed by atoms with Gasteiger partial charge in [0.15, 0.2) is 0 Å². The number of imide groups is 1. The van der Waals surface area contributed by atoms with Crippen LogP contribution in [0.2, 0.25) is 0 Å². The lowest BCUT2D eigenvalue weighted by Gasteiger charge is -2.38. The number of amides is 2. The topological polar surface area (TPSA) is 46.2 Å². The van der Waals surface area contributed by atoms with Crippen LogP contribution in [0.4, 0.5) is 0 Å². The molecule has 18 heavy (non-hydrogen) atoms. The van der Waals surface area contributed by atoms with Crippen LogP contribution in [-0.4, -0.2) is 11.8 Å². The van der Waals surface area contributed by atoms with Crippen molar-refractivity contribution >= 4 is 11.8 Å². The lowest BCUT2D eigenvalue weighted by Crippen LogP contribution is -2.49. The summed E-state index contributed by atoms with van der Waals surface area (Å²) >= 11 is 0. The third-order valence-corrected chi connectivity index (χ3v) is 4.09. The zero-order valence-corrected chi connectivity index (χ0v) is 10.9. The molecule has 96 valence electrons. The van der Waals surface area contributed by atoms with Crippen LogP contribution < -0.4 is 5.32 Å². The second kappa shape index (κ2) is 4.92. The molecule has 1 aliphatic rings. The molecule has 0 saturated carbocycles. The molecule has 1 saturated heterocycles. The van der Waals surface area contributed by atoms with Gasteiger partial charge in [0.05, 0.1) is 0 Å². The second-order valence-corrected chi connectivity index (χ2v) is 5.45. The number of nitrogens with one attached hydrogen (secondary N) is 1. The SMILES string of the molecule is CC1C(=O)NC(=O)CC1(C)CCc1ccccc1. The lowest BCUT2D eigenvalue weighted by atomic mass is 9.69. The largest absolute Gasteiger partial charge is 0.296 e. The van der Waals surface area contributed by atoms with E-state index in [1.54, 1.807) is 0 Å². The van der Waals surface area contributed by atoms with Crippen molar-refractivity contribution in [3.63, 3.8) is 0 Å². The Morgan fingerprint density at radius 2 is 1.94 bits per heavy atom. The van der Waals surface area contributed by atoms with Gasteiger partial charge in [-0.2, -0.15) is 0 Å². The van der Waals surface area contributed by atoms with E-state index >= 15 is 0 Å². The molecule has 1 aliphatic heterocycles. The maximum absolute atomic E-state index is 11.7. The van der Waals surface area contributed by atoms with E-state index in [2.05, 4.69) is 17.4 Å². The van der Waals surface area contributed by atoms with Crippen LogP contribution in [0, 0.1) is 11.3 Å². The highest BCUT2D eigenvalue weighted by Crippen LogP contribution is 2.38. The normalized spacial score (nSPS) is 28.0. The first-order chi connectivity index (χ1) is 8.51. The monoisotopic (exact) mass is 245 g/mol. The van der Waals surface area contributed by atoms with Gasteiger partial charge in [-0.3, -0.25) is 14.9 Å². The van der Waals surface area contributed by atoms with E-state index in [-0.39, 0.29) is 23.1 Å². The number of hydrogen-bond acceptors (Lipinski definition) is 2. The number of piperidine rings is 1. The smallest absolute Gasteiger partial charge is 0.229 e. The number of benzene rings is 1. The Morgan fingerprint density at radius 1 is 1.28 bits per heavy atom. The summed E-state index contributed by atoms with van der Waals surface area (Å²) in [7, 11) is 0. The van der Waals surface area contributed by atoms with E-state index in [1.807, 2.05) is 32.0 Å². The fourth-order valence-corrected chi connectivity index (χ4v) is 2.51. The van der Waals surface area contributed by atoms with Crippen LogP contribution in [0.25, 0.3) is 0 Å². The highest BCUT2D eigenvalue weighted by Gasteiger charge is 2.41. The predicted molar refractivity (Wildman–Crippen MR) is 69.8 cm³/mol. The van der Waals surface area contributed by atoms with Crippen LogP contribution in [-0.2, 0) is 16.0 Å². The number of carbonyl (C=O) groups is 2. The minimum atomic E-state index is -0.227. The zero-order valence-electron chi connectivity index (χ0n) is 10.9. The third-order valence-electron chi connectivity index (χ3n) is 4.09. The molecule has 2 unspecified atom stereocenters. The van der Waals surface area contributed by atoms with E-state index in [4.69, 9.17) is 0 Å². The first kappa shape index (κ1) is 12.8. The minimum Gasteiger partial charge on any atom is -0.296 e. The highest BCUT2D eigenvalue weighted by atomic mass is 16.2. The molecule has 0 spiro atoms. The minimum absolute atomic E-state index is 0.112. The van der Waals surface area contributed by atoms with Crippen LogP contribution in [0.15, 0.2) is 30.3 Å². The van der Waals surface area contributed by atoms with Crippen molar-refractivity contribution in [1.29, 1.82) is 0 Å². The van der Waals surface area contributed by atoms with Gasteiger partial charge in [-0.15, -0.1) is 0 Å². The third kappa shape index (κ3) is 2.61. The summed E-state index contributed by atoms with van der Waals surface area (Å²) in [6.07, 6.45) is 2.20. The summed E-state index contributed by atoms with van der Waals surface area (Å²) in [5.41, 5.74) is 1.03. The predicted octanol–water partition coefficient (Wildman–Crippen LogP) is 2.31. The summed E-state index contributed by atoms with van der Waals surface area (Å²) in [4.78, 5) is 23.2. The van der Waals surface area contributed by atoms with E-state index in [0.717, 1.165) is 12.8 Å². The van der Waals surface area contributed by atoms with Gasteiger partial charge in [0.1, 0.15) is 0 Å². The molecular formula is C15H19NO2. The Bertz CT molecular complexity index is 455. The lowest BCUT2D eigenvalue weighted by molar-refractivity contribution is -0.142. The van der Waals surface area contributed by atoms with Crippen molar-refractivity contribution in [2.75, 3.05) is 0 Å². The molecular weight excluding hydrogens is 226 g/mol. The summed E-state index contributed by atoms with van der Waals surface area (Å²) in [6.45, 7) is 3.95. The van der Waals surface area contributed by atoms with Crippen molar-refractivity contribution in [1.82, 2.24) is 5.32 Å².